The molecule has 0 aliphatic heterocycles. The standard InChI is InChI=1S/C22H16ClNO3/c1-14-2-7-18(8-3-14)26-19-9-5-17(6-10-19)24-22(25)21-13-15-12-16(23)4-11-20(15)27-21/h2-13H,1H3,(H,24,25). The van der Waals surface area contributed by atoms with Gasteiger partial charge in [0.15, 0.2) is 5.76 Å². The number of carbonyl (C=O) groups is 1. The van der Waals surface area contributed by atoms with Gasteiger partial charge in [-0.15, -0.1) is 0 Å². The molecule has 4 rings (SSSR count). The zero-order valence-electron chi connectivity index (χ0n) is 14.5. The van der Waals surface area contributed by atoms with Crippen molar-refractivity contribution in [3.8, 4) is 11.5 Å². The van der Waals surface area contributed by atoms with Crippen LogP contribution in [0.15, 0.2) is 77.2 Å². The highest BCUT2D eigenvalue weighted by Crippen LogP contribution is 2.25. The third kappa shape index (κ3) is 3.96. The molecule has 4 nitrogen and oxygen atoms in total. The summed E-state index contributed by atoms with van der Waals surface area (Å²) in [7, 11) is 0. The Morgan fingerprint density at radius 2 is 1.59 bits per heavy atom. The van der Waals surface area contributed by atoms with E-state index < -0.39 is 0 Å². The van der Waals surface area contributed by atoms with Gasteiger partial charge in [0.25, 0.3) is 5.91 Å². The van der Waals surface area contributed by atoms with Crippen LogP contribution >= 0.6 is 11.6 Å². The van der Waals surface area contributed by atoms with Crippen molar-refractivity contribution in [2.24, 2.45) is 0 Å². The number of rotatable bonds is 4. The van der Waals surface area contributed by atoms with E-state index in [0.717, 1.165) is 11.1 Å². The van der Waals surface area contributed by atoms with E-state index in [9.17, 15) is 4.79 Å². The molecule has 0 radical (unpaired) electrons. The Balaban J connectivity index is 1.45. The molecule has 27 heavy (non-hydrogen) atoms. The van der Waals surface area contributed by atoms with Crippen LogP contribution in [0.5, 0.6) is 11.5 Å². The molecule has 0 saturated heterocycles. The molecule has 1 aromatic heterocycles. The molecule has 0 bridgehead atoms. The van der Waals surface area contributed by atoms with Crippen molar-refractivity contribution in [1.29, 1.82) is 0 Å². The number of nitrogens with one attached hydrogen (secondary N) is 1. The Morgan fingerprint density at radius 1 is 0.926 bits per heavy atom. The van der Waals surface area contributed by atoms with Gasteiger partial charge >= 0.3 is 0 Å². The Bertz CT molecular complexity index is 1100. The van der Waals surface area contributed by atoms with Gasteiger partial charge < -0.3 is 14.5 Å². The third-order valence-electron chi connectivity index (χ3n) is 4.07. The molecule has 0 aliphatic carbocycles. The van der Waals surface area contributed by atoms with E-state index in [1.165, 1.54) is 5.56 Å². The van der Waals surface area contributed by atoms with Crippen LogP contribution in [0.4, 0.5) is 5.69 Å². The van der Waals surface area contributed by atoms with Gasteiger partial charge in [-0.25, -0.2) is 0 Å². The van der Waals surface area contributed by atoms with Gasteiger partial charge in [0.05, 0.1) is 0 Å². The van der Waals surface area contributed by atoms with E-state index in [-0.39, 0.29) is 11.7 Å². The summed E-state index contributed by atoms with van der Waals surface area (Å²) >= 11 is 5.96. The monoisotopic (exact) mass is 377 g/mol. The summed E-state index contributed by atoms with van der Waals surface area (Å²) in [5.41, 5.74) is 2.44. The van der Waals surface area contributed by atoms with Crippen LogP contribution in [0.2, 0.25) is 5.02 Å². The minimum absolute atomic E-state index is 0.229. The lowest BCUT2D eigenvalue weighted by atomic mass is 10.2. The average molecular weight is 378 g/mol. The summed E-state index contributed by atoms with van der Waals surface area (Å²) in [6.45, 7) is 2.03. The van der Waals surface area contributed by atoms with E-state index >= 15 is 0 Å². The Morgan fingerprint density at radius 3 is 2.30 bits per heavy atom. The normalized spacial score (nSPS) is 10.7. The molecular formula is C22H16ClNO3. The second-order valence-electron chi connectivity index (χ2n) is 6.19. The molecule has 0 saturated carbocycles. The second-order valence-corrected chi connectivity index (χ2v) is 6.62. The number of fused-ring (bicyclic) bond motifs is 1. The van der Waals surface area contributed by atoms with Crippen LogP contribution in [0.1, 0.15) is 16.1 Å². The van der Waals surface area contributed by atoms with Crippen LogP contribution in [-0.4, -0.2) is 5.91 Å². The van der Waals surface area contributed by atoms with E-state index in [2.05, 4.69) is 5.32 Å². The molecule has 5 heteroatoms. The van der Waals surface area contributed by atoms with E-state index in [4.69, 9.17) is 20.8 Å². The molecule has 0 unspecified atom stereocenters. The minimum Gasteiger partial charge on any atom is -0.457 e. The lowest BCUT2D eigenvalue weighted by Gasteiger charge is -2.07. The maximum Gasteiger partial charge on any atom is 0.291 e. The van der Waals surface area contributed by atoms with Crippen LogP contribution in [-0.2, 0) is 0 Å². The predicted molar refractivity (Wildman–Crippen MR) is 107 cm³/mol. The third-order valence-corrected chi connectivity index (χ3v) is 4.31. The molecule has 3 aromatic carbocycles. The molecule has 1 N–H and O–H groups in total. The Hall–Kier alpha value is -3.24. The Kier molecular flexibility index (Phi) is 4.57. The van der Waals surface area contributed by atoms with Crippen molar-refractivity contribution in [3.05, 3.63) is 89.1 Å². The highest BCUT2D eigenvalue weighted by Gasteiger charge is 2.13. The first kappa shape index (κ1) is 17.2. The minimum atomic E-state index is -0.325. The largest absolute Gasteiger partial charge is 0.457 e. The number of furan rings is 1. The van der Waals surface area contributed by atoms with Gasteiger partial charge in [0.1, 0.15) is 17.1 Å². The first-order valence-corrected chi connectivity index (χ1v) is 8.80. The highest BCUT2D eigenvalue weighted by atomic mass is 35.5. The number of ether oxygens (including phenoxy) is 1. The van der Waals surface area contributed by atoms with Crippen LogP contribution in [0.3, 0.4) is 0 Å². The fraction of sp³-hybridized carbons (Fsp3) is 0.0455. The maximum atomic E-state index is 12.4. The molecule has 134 valence electrons. The lowest BCUT2D eigenvalue weighted by molar-refractivity contribution is 0.0998. The average Bonchev–Trinajstić information content (AvgIpc) is 3.08. The van der Waals surface area contributed by atoms with Crippen molar-refractivity contribution >= 4 is 34.2 Å². The van der Waals surface area contributed by atoms with Crippen molar-refractivity contribution in [2.75, 3.05) is 5.32 Å². The number of halogens is 1. The summed E-state index contributed by atoms with van der Waals surface area (Å²) < 4.78 is 11.4. The molecule has 1 amide bonds. The highest BCUT2D eigenvalue weighted by molar-refractivity contribution is 6.31. The van der Waals surface area contributed by atoms with Gasteiger partial charge in [0, 0.05) is 16.1 Å². The van der Waals surface area contributed by atoms with Gasteiger partial charge in [-0.3, -0.25) is 4.79 Å². The van der Waals surface area contributed by atoms with Gasteiger partial charge in [-0.05, 0) is 67.6 Å². The number of hydrogen-bond acceptors (Lipinski definition) is 3. The molecule has 0 fully saturated rings. The molecule has 0 aliphatic rings. The van der Waals surface area contributed by atoms with Crippen molar-refractivity contribution in [1.82, 2.24) is 0 Å². The molecule has 0 atom stereocenters. The number of amides is 1. The van der Waals surface area contributed by atoms with Crippen LogP contribution in [0.25, 0.3) is 11.0 Å². The van der Waals surface area contributed by atoms with Gasteiger partial charge in [-0.2, -0.15) is 0 Å². The number of carbonyl (C=O) groups excluding carboxylic acids is 1. The summed E-state index contributed by atoms with van der Waals surface area (Å²) in [5.74, 6) is 1.36. The molecule has 1 heterocycles. The number of benzene rings is 3. The van der Waals surface area contributed by atoms with Crippen molar-refractivity contribution in [3.63, 3.8) is 0 Å². The summed E-state index contributed by atoms with van der Waals surface area (Å²) in [6.07, 6.45) is 0. The summed E-state index contributed by atoms with van der Waals surface area (Å²) in [4.78, 5) is 12.4. The smallest absolute Gasteiger partial charge is 0.291 e. The predicted octanol–water partition coefficient (Wildman–Crippen LogP) is 6.44. The second kappa shape index (κ2) is 7.17. The van der Waals surface area contributed by atoms with Crippen LogP contribution in [0, 0.1) is 6.92 Å². The summed E-state index contributed by atoms with van der Waals surface area (Å²) in [5, 5.41) is 4.19. The fourth-order valence-electron chi connectivity index (χ4n) is 2.67. The fourth-order valence-corrected chi connectivity index (χ4v) is 2.85. The quantitative estimate of drug-likeness (QED) is 0.445. The molecule has 0 spiro atoms. The molecule has 4 aromatic rings. The summed E-state index contributed by atoms with van der Waals surface area (Å²) in [6, 6.07) is 21.9. The van der Waals surface area contributed by atoms with E-state index in [0.29, 0.717) is 22.0 Å². The van der Waals surface area contributed by atoms with Crippen molar-refractivity contribution < 1.29 is 13.9 Å². The SMILES string of the molecule is Cc1ccc(Oc2ccc(NC(=O)c3cc4cc(Cl)ccc4o3)cc2)cc1. The Labute approximate surface area is 161 Å². The number of anilines is 1. The maximum absolute atomic E-state index is 12.4. The van der Waals surface area contributed by atoms with Gasteiger partial charge in [-0.1, -0.05) is 29.3 Å². The zero-order chi connectivity index (χ0) is 18.8. The van der Waals surface area contributed by atoms with Crippen LogP contribution < -0.4 is 10.1 Å². The first-order valence-electron chi connectivity index (χ1n) is 8.42. The number of aryl methyl sites for hydroxylation is 1. The lowest BCUT2D eigenvalue weighted by Crippen LogP contribution is -2.10. The zero-order valence-corrected chi connectivity index (χ0v) is 15.3. The topological polar surface area (TPSA) is 51.5 Å². The van der Waals surface area contributed by atoms with Crippen molar-refractivity contribution in [2.45, 2.75) is 6.92 Å². The van der Waals surface area contributed by atoms with E-state index in [1.54, 1.807) is 48.5 Å². The number of hydrogen-bond donors (Lipinski definition) is 1. The first-order chi connectivity index (χ1) is 13.1. The van der Waals surface area contributed by atoms with Gasteiger partial charge in [0.2, 0.25) is 0 Å². The van der Waals surface area contributed by atoms with E-state index in [1.807, 2.05) is 31.2 Å². The molecular weight excluding hydrogens is 362 g/mol.